The van der Waals surface area contributed by atoms with Gasteiger partial charge in [0.25, 0.3) is 5.91 Å². The van der Waals surface area contributed by atoms with E-state index in [-0.39, 0.29) is 12.5 Å². The number of pyridine rings is 1. The zero-order chi connectivity index (χ0) is 22.0. The van der Waals surface area contributed by atoms with E-state index in [4.69, 9.17) is 4.74 Å². The number of nitrogens with zero attached hydrogens (tertiary/aromatic N) is 5. The first-order chi connectivity index (χ1) is 14.9. The van der Waals surface area contributed by atoms with Crippen LogP contribution in [0.3, 0.4) is 0 Å². The maximum atomic E-state index is 13.1. The van der Waals surface area contributed by atoms with Crippen molar-refractivity contribution in [3.05, 3.63) is 24.0 Å². The Morgan fingerprint density at radius 2 is 2.03 bits per heavy atom. The molecule has 7 nitrogen and oxygen atoms in total. The maximum Gasteiger partial charge on any atom is 0.259 e. The Hall–Kier alpha value is -2.37. The number of anilines is 1. The van der Waals surface area contributed by atoms with Gasteiger partial charge in [0.15, 0.2) is 0 Å². The molecular formula is C23H33N5O2Si. The van der Waals surface area contributed by atoms with E-state index < -0.39 is 8.07 Å². The number of fused-ring (bicyclic) bond motifs is 3. The van der Waals surface area contributed by atoms with Crippen molar-refractivity contribution in [2.45, 2.75) is 70.6 Å². The summed E-state index contributed by atoms with van der Waals surface area (Å²) in [6, 6.07) is 5.73. The normalized spacial score (nSPS) is 17.8. The Morgan fingerprint density at radius 1 is 1.26 bits per heavy atom. The SMILES string of the molecule is C[Si](C)(C)CCOCn1ccc2c3c(cnc21)C(=O)N(CC#N)CN3C1CCCCC1. The second-order valence-corrected chi connectivity index (χ2v) is 15.6. The van der Waals surface area contributed by atoms with Crippen LogP contribution < -0.4 is 4.90 Å². The number of carbonyl (C=O) groups is 1. The lowest BCUT2D eigenvalue weighted by Gasteiger charge is -2.43. The molecule has 8 heteroatoms. The molecule has 0 unspecified atom stereocenters. The molecule has 0 atom stereocenters. The molecule has 1 fully saturated rings. The van der Waals surface area contributed by atoms with E-state index in [0.717, 1.165) is 42.2 Å². The zero-order valence-electron chi connectivity index (χ0n) is 18.9. The molecule has 1 amide bonds. The van der Waals surface area contributed by atoms with Gasteiger partial charge in [-0.2, -0.15) is 5.26 Å². The monoisotopic (exact) mass is 439 g/mol. The average molecular weight is 440 g/mol. The van der Waals surface area contributed by atoms with Crippen molar-refractivity contribution in [1.29, 1.82) is 5.26 Å². The van der Waals surface area contributed by atoms with E-state index in [1.807, 2.05) is 10.8 Å². The Balaban J connectivity index is 1.65. The average Bonchev–Trinajstić information content (AvgIpc) is 3.16. The van der Waals surface area contributed by atoms with Crippen LogP contribution in [0.1, 0.15) is 42.5 Å². The molecule has 1 aliphatic heterocycles. The number of hydrogen-bond donors (Lipinski definition) is 0. The molecule has 1 saturated carbocycles. The van der Waals surface area contributed by atoms with E-state index in [1.165, 1.54) is 19.3 Å². The highest BCUT2D eigenvalue weighted by Crippen LogP contribution is 2.38. The van der Waals surface area contributed by atoms with E-state index in [0.29, 0.717) is 25.0 Å². The molecule has 0 saturated heterocycles. The molecule has 0 spiro atoms. The molecule has 2 aliphatic rings. The molecule has 2 aromatic heterocycles. The summed E-state index contributed by atoms with van der Waals surface area (Å²) in [6.07, 6.45) is 9.65. The molecule has 1 aliphatic carbocycles. The predicted octanol–water partition coefficient (Wildman–Crippen LogP) is 4.42. The number of carbonyl (C=O) groups excluding carboxylic acids is 1. The van der Waals surface area contributed by atoms with Crippen molar-refractivity contribution < 1.29 is 9.53 Å². The van der Waals surface area contributed by atoms with Crippen LogP contribution in [0.2, 0.25) is 25.7 Å². The molecule has 166 valence electrons. The largest absolute Gasteiger partial charge is 0.361 e. The molecular weight excluding hydrogens is 406 g/mol. The minimum Gasteiger partial charge on any atom is -0.361 e. The van der Waals surface area contributed by atoms with Crippen molar-refractivity contribution in [3.8, 4) is 6.07 Å². The van der Waals surface area contributed by atoms with Crippen LogP contribution in [0.15, 0.2) is 18.5 Å². The smallest absolute Gasteiger partial charge is 0.259 e. The molecule has 0 bridgehead atoms. The lowest BCUT2D eigenvalue weighted by atomic mass is 9.92. The van der Waals surface area contributed by atoms with E-state index >= 15 is 0 Å². The van der Waals surface area contributed by atoms with Crippen molar-refractivity contribution in [2.75, 3.05) is 24.7 Å². The highest BCUT2D eigenvalue weighted by Gasteiger charge is 2.35. The van der Waals surface area contributed by atoms with Gasteiger partial charge in [-0.15, -0.1) is 0 Å². The van der Waals surface area contributed by atoms with Gasteiger partial charge in [0.2, 0.25) is 0 Å². The van der Waals surface area contributed by atoms with Crippen LogP contribution >= 0.6 is 0 Å². The lowest BCUT2D eigenvalue weighted by molar-refractivity contribution is 0.0755. The molecule has 0 radical (unpaired) electrons. The van der Waals surface area contributed by atoms with Crippen LogP contribution in [0.4, 0.5) is 5.69 Å². The number of nitriles is 1. The number of hydrogen-bond acceptors (Lipinski definition) is 5. The molecule has 31 heavy (non-hydrogen) atoms. The molecule has 2 aromatic rings. The standard InChI is InChI=1S/C23H33N5O2Si/c1-31(2,3)14-13-30-17-27-11-9-19-21-20(15-25-22(19)27)23(29)26(12-10-24)16-28(21)18-7-5-4-6-8-18/h9,11,15,18H,4-8,12-14,16-17H2,1-3H3. The van der Waals surface area contributed by atoms with Crippen LogP contribution in [-0.4, -0.2) is 54.3 Å². The van der Waals surface area contributed by atoms with Gasteiger partial charge in [-0.25, -0.2) is 4.98 Å². The summed E-state index contributed by atoms with van der Waals surface area (Å²) in [7, 11) is -1.12. The van der Waals surface area contributed by atoms with E-state index in [2.05, 4.69) is 41.7 Å². The number of rotatable bonds is 7. The van der Waals surface area contributed by atoms with Crippen molar-refractivity contribution in [1.82, 2.24) is 14.5 Å². The topological polar surface area (TPSA) is 74.4 Å². The Labute approximate surface area is 185 Å². The van der Waals surface area contributed by atoms with Gasteiger partial charge < -0.3 is 19.1 Å². The summed E-state index contributed by atoms with van der Waals surface area (Å²) in [5, 5.41) is 10.2. The number of aromatic nitrogens is 2. The highest BCUT2D eigenvalue weighted by molar-refractivity contribution is 6.76. The fourth-order valence-corrected chi connectivity index (χ4v) is 5.38. The van der Waals surface area contributed by atoms with Gasteiger partial charge in [-0.3, -0.25) is 4.79 Å². The number of amides is 1. The summed E-state index contributed by atoms with van der Waals surface area (Å²) in [5.41, 5.74) is 2.45. The Bertz CT molecular complexity index is 984. The molecule has 0 N–H and O–H groups in total. The molecule has 0 aromatic carbocycles. The van der Waals surface area contributed by atoms with Crippen molar-refractivity contribution >= 4 is 30.7 Å². The minimum atomic E-state index is -1.12. The second-order valence-electron chi connectivity index (χ2n) is 9.96. The van der Waals surface area contributed by atoms with Crippen LogP contribution in [0.5, 0.6) is 0 Å². The third-order valence-electron chi connectivity index (χ3n) is 6.39. The summed E-state index contributed by atoms with van der Waals surface area (Å²) < 4.78 is 7.99. The van der Waals surface area contributed by atoms with Gasteiger partial charge in [-0.05, 0) is 25.0 Å². The third kappa shape index (κ3) is 4.63. The summed E-state index contributed by atoms with van der Waals surface area (Å²) >= 11 is 0. The zero-order valence-corrected chi connectivity index (χ0v) is 19.9. The van der Waals surface area contributed by atoms with Gasteiger partial charge >= 0.3 is 0 Å². The summed E-state index contributed by atoms with van der Waals surface area (Å²) in [5.74, 6) is -0.0999. The highest BCUT2D eigenvalue weighted by atomic mass is 28.3. The summed E-state index contributed by atoms with van der Waals surface area (Å²) in [4.78, 5) is 21.7. The van der Waals surface area contributed by atoms with Crippen molar-refractivity contribution in [2.24, 2.45) is 0 Å². The first-order valence-corrected chi connectivity index (χ1v) is 15.1. The Morgan fingerprint density at radius 3 is 2.74 bits per heavy atom. The van der Waals surface area contributed by atoms with Gasteiger partial charge in [-0.1, -0.05) is 38.9 Å². The summed E-state index contributed by atoms with van der Waals surface area (Å²) in [6.45, 7) is 8.85. The van der Waals surface area contributed by atoms with Crippen LogP contribution in [-0.2, 0) is 11.5 Å². The van der Waals surface area contributed by atoms with Gasteiger partial charge in [0, 0.05) is 38.5 Å². The third-order valence-corrected chi connectivity index (χ3v) is 8.10. The van der Waals surface area contributed by atoms with Gasteiger partial charge in [0.05, 0.1) is 24.0 Å². The quantitative estimate of drug-likeness (QED) is 0.363. The number of ether oxygens (including phenoxy) is 1. The van der Waals surface area contributed by atoms with Crippen molar-refractivity contribution in [3.63, 3.8) is 0 Å². The van der Waals surface area contributed by atoms with Gasteiger partial charge in [0.1, 0.15) is 18.9 Å². The first-order valence-electron chi connectivity index (χ1n) is 11.4. The molecule has 4 rings (SSSR count). The maximum absolute atomic E-state index is 13.1. The first kappa shape index (κ1) is 21.8. The minimum absolute atomic E-state index is 0.0999. The fraction of sp³-hybridized carbons (Fsp3) is 0.609. The van der Waals surface area contributed by atoms with Crippen LogP contribution in [0.25, 0.3) is 11.0 Å². The Kier molecular flexibility index (Phi) is 6.35. The molecule has 3 heterocycles. The lowest BCUT2D eigenvalue weighted by Crippen LogP contribution is -2.51. The van der Waals surface area contributed by atoms with E-state index in [1.54, 1.807) is 11.1 Å². The fourth-order valence-electron chi connectivity index (χ4n) is 4.62. The van der Waals surface area contributed by atoms with E-state index in [9.17, 15) is 10.1 Å². The predicted molar refractivity (Wildman–Crippen MR) is 125 cm³/mol. The second kappa shape index (κ2) is 9.01. The van der Waals surface area contributed by atoms with Crippen LogP contribution in [0, 0.1) is 11.3 Å².